The molecule has 2 fully saturated rings. The summed E-state index contributed by atoms with van der Waals surface area (Å²) in [5, 5.41) is 0. The molecule has 9 heteroatoms. The zero-order valence-corrected chi connectivity index (χ0v) is 24.4. The molecule has 9 nitrogen and oxygen atoms in total. The van der Waals surface area contributed by atoms with Gasteiger partial charge in [0.15, 0.2) is 12.6 Å². The van der Waals surface area contributed by atoms with Gasteiger partial charge in [0, 0.05) is 19.1 Å². The number of methoxy groups -OCH3 is 2. The van der Waals surface area contributed by atoms with Crippen LogP contribution in [-0.2, 0) is 23.7 Å². The Kier molecular flexibility index (Phi) is 9.30. The highest BCUT2D eigenvalue weighted by Crippen LogP contribution is 2.37. The Morgan fingerprint density at radius 2 is 1.83 bits per heavy atom. The Hall–Kier alpha value is -3.66. The van der Waals surface area contributed by atoms with Crippen LogP contribution in [0.3, 0.4) is 0 Å². The molecule has 5 atom stereocenters. The average molecular weight is 579 g/mol. The van der Waals surface area contributed by atoms with Gasteiger partial charge in [-0.15, -0.1) is 0 Å². The van der Waals surface area contributed by atoms with E-state index in [1.54, 1.807) is 43.5 Å². The van der Waals surface area contributed by atoms with Crippen LogP contribution in [-0.4, -0.2) is 63.2 Å². The van der Waals surface area contributed by atoms with Crippen molar-refractivity contribution in [3.8, 4) is 11.5 Å². The van der Waals surface area contributed by atoms with E-state index in [1.165, 1.54) is 7.11 Å². The molecule has 2 aromatic carbocycles. The summed E-state index contributed by atoms with van der Waals surface area (Å²) in [6, 6.07) is 12.3. The first-order valence-corrected chi connectivity index (χ1v) is 14.3. The molecule has 0 N–H and O–H groups in total. The van der Waals surface area contributed by atoms with Crippen LogP contribution in [0, 0.1) is 5.92 Å². The van der Waals surface area contributed by atoms with Gasteiger partial charge in [0.1, 0.15) is 35.4 Å². The van der Waals surface area contributed by atoms with Crippen molar-refractivity contribution in [2.24, 2.45) is 5.92 Å². The molecule has 5 rings (SSSR count). The molecule has 0 aromatic heterocycles. The van der Waals surface area contributed by atoms with E-state index in [9.17, 15) is 9.59 Å². The largest absolute Gasteiger partial charge is 0.497 e. The lowest BCUT2D eigenvalue weighted by Crippen LogP contribution is -2.37. The fourth-order valence-corrected chi connectivity index (χ4v) is 5.72. The Labute approximate surface area is 246 Å². The number of esters is 2. The predicted molar refractivity (Wildman–Crippen MR) is 154 cm³/mol. The van der Waals surface area contributed by atoms with Crippen LogP contribution in [0.5, 0.6) is 11.5 Å². The second-order valence-corrected chi connectivity index (χ2v) is 11.1. The summed E-state index contributed by atoms with van der Waals surface area (Å²) in [7, 11) is 3.06. The van der Waals surface area contributed by atoms with E-state index in [0.29, 0.717) is 41.0 Å². The predicted octanol–water partition coefficient (Wildman–Crippen LogP) is 5.72. The Morgan fingerprint density at radius 1 is 1.02 bits per heavy atom. The van der Waals surface area contributed by atoms with E-state index in [2.05, 4.69) is 0 Å². The Bertz CT molecular complexity index is 1320. The first-order chi connectivity index (χ1) is 20.3. The number of benzene rings is 2. The molecular formula is C33H38O9. The van der Waals surface area contributed by atoms with Crippen LogP contribution in [0.1, 0.15) is 65.8 Å². The molecule has 3 aliphatic rings. The van der Waals surface area contributed by atoms with Gasteiger partial charge < -0.3 is 33.2 Å². The maximum atomic E-state index is 13.7. The minimum Gasteiger partial charge on any atom is -0.497 e. The number of hydrogen-bond donors (Lipinski definition) is 0. The van der Waals surface area contributed by atoms with Crippen LogP contribution in [0.2, 0.25) is 0 Å². The molecule has 0 bridgehead atoms. The zero-order valence-electron chi connectivity index (χ0n) is 24.4. The third-order valence-electron chi connectivity index (χ3n) is 7.65. The molecule has 1 unspecified atom stereocenters. The number of rotatable bonds is 6. The Morgan fingerprint density at radius 3 is 2.60 bits per heavy atom. The second-order valence-electron chi connectivity index (χ2n) is 11.1. The lowest BCUT2D eigenvalue weighted by atomic mass is 9.98. The highest BCUT2D eigenvalue weighted by atomic mass is 16.8. The molecule has 42 heavy (non-hydrogen) atoms. The van der Waals surface area contributed by atoms with E-state index >= 15 is 0 Å². The molecular weight excluding hydrogens is 540 g/mol. The van der Waals surface area contributed by atoms with E-state index in [-0.39, 0.29) is 18.8 Å². The quantitative estimate of drug-likeness (QED) is 0.242. The third kappa shape index (κ3) is 6.86. The fourth-order valence-electron chi connectivity index (χ4n) is 5.72. The minimum atomic E-state index is -0.889. The maximum Gasteiger partial charge on any atom is 0.342 e. The third-order valence-corrected chi connectivity index (χ3v) is 7.65. The smallest absolute Gasteiger partial charge is 0.342 e. The van der Waals surface area contributed by atoms with E-state index < -0.39 is 36.0 Å². The fraction of sp³-hybridized carbons (Fsp3) is 0.455. The molecule has 1 saturated heterocycles. The lowest BCUT2D eigenvalue weighted by Gasteiger charge is -2.25. The molecule has 1 aliphatic carbocycles. The maximum absolute atomic E-state index is 13.7. The van der Waals surface area contributed by atoms with Crippen molar-refractivity contribution in [1.29, 1.82) is 0 Å². The van der Waals surface area contributed by atoms with Crippen molar-refractivity contribution in [2.45, 2.75) is 69.7 Å². The average Bonchev–Trinajstić information content (AvgIpc) is 3.55. The zero-order chi connectivity index (χ0) is 29.7. The van der Waals surface area contributed by atoms with Gasteiger partial charge in [0.05, 0.1) is 18.8 Å². The van der Waals surface area contributed by atoms with Crippen molar-refractivity contribution in [3.63, 3.8) is 0 Å². The van der Waals surface area contributed by atoms with Crippen LogP contribution >= 0.6 is 0 Å². The number of carbonyl (C=O) groups excluding carboxylic acids is 2. The van der Waals surface area contributed by atoms with Gasteiger partial charge in [-0.2, -0.15) is 0 Å². The van der Waals surface area contributed by atoms with Crippen molar-refractivity contribution < 1.29 is 42.7 Å². The minimum absolute atomic E-state index is 0.0432. The summed E-state index contributed by atoms with van der Waals surface area (Å²) in [6.07, 6.45) is 8.35. The number of fused-ring (bicyclic) bond motifs is 3. The van der Waals surface area contributed by atoms with Crippen LogP contribution < -0.4 is 9.47 Å². The summed E-state index contributed by atoms with van der Waals surface area (Å²) < 4.78 is 41.2. The summed E-state index contributed by atoms with van der Waals surface area (Å²) in [4.78, 5) is 26.8. The second kappa shape index (κ2) is 13.1. The number of ether oxygens (including phenoxy) is 7. The molecule has 0 spiro atoms. The van der Waals surface area contributed by atoms with Gasteiger partial charge >= 0.3 is 11.9 Å². The van der Waals surface area contributed by atoms with Crippen molar-refractivity contribution >= 4 is 18.0 Å². The number of carbonyl (C=O) groups is 2. The van der Waals surface area contributed by atoms with Crippen molar-refractivity contribution in [3.05, 3.63) is 77.4 Å². The first-order valence-electron chi connectivity index (χ1n) is 14.3. The summed E-state index contributed by atoms with van der Waals surface area (Å²) in [5.41, 5.74) is 1.32. The van der Waals surface area contributed by atoms with Gasteiger partial charge in [-0.3, -0.25) is 0 Å². The van der Waals surface area contributed by atoms with Crippen LogP contribution in [0.4, 0.5) is 0 Å². The van der Waals surface area contributed by atoms with Crippen molar-refractivity contribution in [2.75, 3.05) is 21.0 Å². The summed E-state index contributed by atoms with van der Waals surface area (Å²) in [5.74, 6) is -1.06. The molecule has 0 amide bonds. The summed E-state index contributed by atoms with van der Waals surface area (Å²) in [6.45, 7) is 3.64. The molecule has 1 saturated carbocycles. The number of hydrogen-bond acceptors (Lipinski definition) is 9. The van der Waals surface area contributed by atoms with E-state index in [1.807, 2.05) is 44.2 Å². The van der Waals surface area contributed by atoms with Crippen LogP contribution in [0.25, 0.3) is 6.08 Å². The topological polar surface area (TPSA) is 98.8 Å². The van der Waals surface area contributed by atoms with Crippen molar-refractivity contribution in [1.82, 2.24) is 0 Å². The monoisotopic (exact) mass is 578 g/mol. The van der Waals surface area contributed by atoms with Crippen LogP contribution in [0.15, 0.2) is 60.7 Å². The molecule has 2 aliphatic heterocycles. The van der Waals surface area contributed by atoms with E-state index in [4.69, 9.17) is 33.2 Å². The molecule has 2 aromatic rings. The molecule has 0 radical (unpaired) electrons. The van der Waals surface area contributed by atoms with Gasteiger partial charge in [-0.25, -0.2) is 9.59 Å². The Balaban J connectivity index is 1.54. The molecule has 224 valence electrons. The van der Waals surface area contributed by atoms with Gasteiger partial charge in [0.2, 0.25) is 0 Å². The summed E-state index contributed by atoms with van der Waals surface area (Å²) >= 11 is 0. The van der Waals surface area contributed by atoms with Gasteiger partial charge in [0.25, 0.3) is 0 Å². The lowest BCUT2D eigenvalue weighted by molar-refractivity contribution is -0.152. The normalized spacial score (nSPS) is 26.8. The highest BCUT2D eigenvalue weighted by Gasteiger charge is 2.46. The van der Waals surface area contributed by atoms with Gasteiger partial charge in [-0.1, -0.05) is 36.4 Å². The first kappa shape index (κ1) is 29.8. The van der Waals surface area contributed by atoms with Gasteiger partial charge in [-0.05, 0) is 69.4 Å². The standard InChI is InChI=1S/C33H38O9/c1-33(2)41-27-15-9-13-23-18-24(37-4)19-28(38-20-36-3)29(23)32(35)39-25-14-8-12-21(25)16-17-26(30(27)42-33)40-31(34)22-10-6-5-7-11-22/h5-7,9-11,13,16-19,21,25-27,30H,8,12,14-15,20H2,1-4H3/t21-,25-,26?,27-,30+/m0/s1. The SMILES string of the molecule is COCOc1cc(OC)cc2c1C(=O)O[C@H]1CCC[C@H]1C=CC(OC(=O)c1ccccc1)[C@H]1OC(C)(C)O[C@H]1CC=C2. The molecule has 2 heterocycles. The van der Waals surface area contributed by atoms with E-state index in [0.717, 1.165) is 12.8 Å². The highest BCUT2D eigenvalue weighted by molar-refractivity contribution is 5.97.